The van der Waals surface area contributed by atoms with Gasteiger partial charge in [0.15, 0.2) is 5.96 Å². The Morgan fingerprint density at radius 1 is 1.31 bits per heavy atom. The third kappa shape index (κ3) is 4.50. The van der Waals surface area contributed by atoms with Crippen LogP contribution in [0.2, 0.25) is 0 Å². The number of nitrogens with zero attached hydrogens (tertiary/aromatic N) is 4. The van der Waals surface area contributed by atoms with Crippen LogP contribution in [0.15, 0.2) is 41.7 Å². The van der Waals surface area contributed by atoms with E-state index in [9.17, 15) is 8.78 Å². The second-order valence-corrected chi connectivity index (χ2v) is 6.27. The highest BCUT2D eigenvalue weighted by atomic mass is 19.1. The molecule has 26 heavy (non-hydrogen) atoms. The van der Waals surface area contributed by atoms with Crippen molar-refractivity contribution >= 4 is 11.6 Å². The van der Waals surface area contributed by atoms with Crippen LogP contribution in [0.3, 0.4) is 0 Å². The number of halogens is 2. The molecule has 0 amide bonds. The van der Waals surface area contributed by atoms with E-state index in [4.69, 9.17) is 0 Å². The highest BCUT2D eigenvalue weighted by molar-refractivity contribution is 5.80. The minimum Gasteiger partial charge on any atom is -0.365 e. The van der Waals surface area contributed by atoms with Crippen molar-refractivity contribution in [2.45, 2.75) is 25.4 Å². The molecule has 2 N–H and O–H groups in total. The molecule has 1 aliphatic rings. The van der Waals surface area contributed by atoms with Crippen LogP contribution in [-0.2, 0) is 6.54 Å². The van der Waals surface area contributed by atoms with Crippen molar-refractivity contribution in [3.8, 4) is 0 Å². The highest BCUT2D eigenvalue weighted by Gasteiger charge is 2.27. The molecular weight excluding hydrogens is 338 g/mol. The number of rotatable bonds is 6. The summed E-state index contributed by atoms with van der Waals surface area (Å²) in [5.74, 6) is -0.343. The number of para-hydroxylation sites is 1. The van der Waals surface area contributed by atoms with Gasteiger partial charge in [-0.3, -0.25) is 9.67 Å². The predicted molar refractivity (Wildman–Crippen MR) is 98.3 cm³/mol. The van der Waals surface area contributed by atoms with Crippen molar-refractivity contribution in [1.29, 1.82) is 0 Å². The van der Waals surface area contributed by atoms with E-state index < -0.39 is 11.6 Å². The smallest absolute Gasteiger partial charge is 0.191 e. The first-order valence-corrected chi connectivity index (χ1v) is 8.81. The number of anilines is 1. The van der Waals surface area contributed by atoms with E-state index in [1.807, 2.05) is 16.9 Å². The van der Waals surface area contributed by atoms with Crippen molar-refractivity contribution in [2.75, 3.05) is 31.6 Å². The van der Waals surface area contributed by atoms with Crippen LogP contribution in [0.1, 0.15) is 12.8 Å². The summed E-state index contributed by atoms with van der Waals surface area (Å²) in [6, 6.07) is 5.96. The summed E-state index contributed by atoms with van der Waals surface area (Å²) in [7, 11) is 1.71. The molecule has 1 aliphatic heterocycles. The molecular formula is C18H24F2N6. The Hall–Kier alpha value is -2.64. The van der Waals surface area contributed by atoms with Crippen molar-refractivity contribution in [3.63, 3.8) is 0 Å². The molecule has 1 atom stereocenters. The van der Waals surface area contributed by atoms with Gasteiger partial charge in [0.25, 0.3) is 0 Å². The molecule has 3 rings (SSSR count). The summed E-state index contributed by atoms with van der Waals surface area (Å²) in [4.78, 5) is 5.97. The monoisotopic (exact) mass is 362 g/mol. The van der Waals surface area contributed by atoms with E-state index >= 15 is 0 Å². The van der Waals surface area contributed by atoms with Crippen LogP contribution in [-0.4, -0.2) is 48.5 Å². The lowest BCUT2D eigenvalue weighted by atomic mass is 10.2. The summed E-state index contributed by atoms with van der Waals surface area (Å²) in [5, 5.41) is 10.8. The van der Waals surface area contributed by atoms with Gasteiger partial charge in [-0.1, -0.05) is 6.07 Å². The predicted octanol–water partition coefficient (Wildman–Crippen LogP) is 2.00. The number of nitrogens with one attached hydrogen (secondary N) is 2. The van der Waals surface area contributed by atoms with Crippen LogP contribution in [0, 0.1) is 11.6 Å². The SMILES string of the molecule is CN=C(NCCCn1cccn1)NC1CCN(c2c(F)cccc2F)C1. The fraction of sp³-hybridized carbons (Fsp3) is 0.444. The molecule has 2 heterocycles. The lowest BCUT2D eigenvalue weighted by molar-refractivity contribution is 0.565. The molecule has 0 saturated carbocycles. The Bertz CT molecular complexity index is 711. The first-order chi connectivity index (χ1) is 12.7. The fourth-order valence-corrected chi connectivity index (χ4v) is 3.14. The Morgan fingerprint density at radius 2 is 2.12 bits per heavy atom. The van der Waals surface area contributed by atoms with E-state index in [2.05, 4.69) is 20.7 Å². The van der Waals surface area contributed by atoms with Crippen molar-refractivity contribution in [2.24, 2.45) is 4.99 Å². The van der Waals surface area contributed by atoms with Crippen LogP contribution < -0.4 is 15.5 Å². The van der Waals surface area contributed by atoms with Crippen molar-refractivity contribution in [1.82, 2.24) is 20.4 Å². The van der Waals surface area contributed by atoms with Crippen LogP contribution >= 0.6 is 0 Å². The summed E-state index contributed by atoms with van der Waals surface area (Å²) in [5.41, 5.74) is 0.0546. The van der Waals surface area contributed by atoms with Crippen LogP contribution in [0.25, 0.3) is 0 Å². The standard InChI is InChI=1S/C18H24F2N6/c1-21-18(22-8-3-10-26-11-4-9-23-26)24-14-7-12-25(13-14)17-15(19)5-2-6-16(17)20/h2,4-6,9,11,14H,3,7-8,10,12-13H2,1H3,(H2,21,22,24). The van der Waals surface area contributed by atoms with Gasteiger partial charge in [0.1, 0.15) is 17.3 Å². The maximum atomic E-state index is 13.9. The zero-order valence-electron chi connectivity index (χ0n) is 14.8. The molecule has 1 fully saturated rings. The average molecular weight is 362 g/mol. The van der Waals surface area contributed by atoms with Gasteiger partial charge in [-0.25, -0.2) is 8.78 Å². The molecule has 0 bridgehead atoms. The maximum Gasteiger partial charge on any atom is 0.191 e. The van der Waals surface area contributed by atoms with Crippen LogP contribution in [0.4, 0.5) is 14.5 Å². The van der Waals surface area contributed by atoms with E-state index in [0.717, 1.165) is 25.9 Å². The number of aryl methyl sites for hydroxylation is 1. The normalized spacial score (nSPS) is 17.6. The van der Waals surface area contributed by atoms with Crippen LogP contribution in [0.5, 0.6) is 0 Å². The number of hydrogen-bond donors (Lipinski definition) is 2. The fourth-order valence-electron chi connectivity index (χ4n) is 3.14. The van der Waals surface area contributed by atoms with Crippen molar-refractivity contribution in [3.05, 3.63) is 48.3 Å². The first kappa shape index (κ1) is 18.2. The lowest BCUT2D eigenvalue weighted by Gasteiger charge is -2.21. The third-order valence-corrected chi connectivity index (χ3v) is 4.42. The number of aliphatic imine (C=N–C) groups is 1. The van der Waals surface area contributed by atoms with Gasteiger partial charge < -0.3 is 15.5 Å². The lowest BCUT2D eigenvalue weighted by Crippen LogP contribution is -2.45. The first-order valence-electron chi connectivity index (χ1n) is 8.81. The van der Waals surface area contributed by atoms with Gasteiger partial charge in [0, 0.05) is 51.7 Å². The molecule has 1 saturated heterocycles. The Labute approximate surface area is 151 Å². The quantitative estimate of drug-likeness (QED) is 0.469. The molecule has 1 aromatic carbocycles. The molecule has 1 aromatic heterocycles. The largest absolute Gasteiger partial charge is 0.365 e. The highest BCUT2D eigenvalue weighted by Crippen LogP contribution is 2.26. The summed E-state index contributed by atoms with van der Waals surface area (Å²) in [6.45, 7) is 2.73. The molecule has 0 aliphatic carbocycles. The summed E-state index contributed by atoms with van der Waals surface area (Å²) in [6.07, 6.45) is 5.40. The average Bonchev–Trinajstić information content (AvgIpc) is 3.29. The zero-order valence-corrected chi connectivity index (χ0v) is 14.8. The molecule has 0 radical (unpaired) electrons. The molecule has 1 unspecified atom stereocenters. The molecule has 8 heteroatoms. The second kappa shape index (κ2) is 8.64. The molecule has 0 spiro atoms. The van der Waals surface area contributed by atoms with E-state index in [1.165, 1.54) is 18.2 Å². The van der Waals surface area contributed by atoms with Gasteiger partial charge in [-0.05, 0) is 31.0 Å². The minimum atomic E-state index is -0.522. The summed E-state index contributed by atoms with van der Waals surface area (Å²) >= 11 is 0. The van der Waals surface area contributed by atoms with E-state index in [1.54, 1.807) is 18.1 Å². The zero-order chi connectivity index (χ0) is 18.4. The molecule has 140 valence electrons. The number of guanidine groups is 1. The van der Waals surface area contributed by atoms with E-state index in [-0.39, 0.29) is 11.7 Å². The maximum absolute atomic E-state index is 13.9. The molecule has 2 aromatic rings. The van der Waals surface area contributed by atoms with Gasteiger partial charge in [-0.2, -0.15) is 5.10 Å². The Morgan fingerprint density at radius 3 is 2.81 bits per heavy atom. The summed E-state index contributed by atoms with van der Waals surface area (Å²) < 4.78 is 29.8. The van der Waals surface area contributed by atoms with Crippen molar-refractivity contribution < 1.29 is 8.78 Å². The Balaban J connectivity index is 1.46. The third-order valence-electron chi connectivity index (χ3n) is 4.42. The Kier molecular flexibility index (Phi) is 6.04. The number of benzene rings is 1. The molecule has 6 nitrogen and oxygen atoms in total. The van der Waals surface area contributed by atoms with Gasteiger partial charge in [0.05, 0.1) is 0 Å². The van der Waals surface area contributed by atoms with E-state index in [0.29, 0.717) is 19.0 Å². The van der Waals surface area contributed by atoms with Gasteiger partial charge >= 0.3 is 0 Å². The minimum absolute atomic E-state index is 0.0546. The van der Waals surface area contributed by atoms with Gasteiger partial charge in [-0.15, -0.1) is 0 Å². The number of hydrogen-bond acceptors (Lipinski definition) is 3. The second-order valence-electron chi connectivity index (χ2n) is 6.27. The topological polar surface area (TPSA) is 57.5 Å². The van der Waals surface area contributed by atoms with Gasteiger partial charge in [0.2, 0.25) is 0 Å². The number of aromatic nitrogens is 2.